The molecule has 2 N–H and O–H groups in total. The van der Waals surface area contributed by atoms with Crippen LogP contribution in [0.3, 0.4) is 0 Å². The van der Waals surface area contributed by atoms with Gasteiger partial charge in [-0.05, 0) is 5.75 Å². The number of hydrogen-bond acceptors (Lipinski definition) is 4. The second-order valence-corrected chi connectivity index (χ2v) is 3.84. The lowest BCUT2D eigenvalue weighted by atomic mass is 10.9. The summed E-state index contributed by atoms with van der Waals surface area (Å²) in [5.74, 6) is 1.70. The van der Waals surface area contributed by atoms with E-state index in [4.69, 9.17) is 5.73 Å². The minimum atomic E-state index is 0.635. The van der Waals surface area contributed by atoms with Crippen LogP contribution in [0.2, 0.25) is 0 Å². The lowest BCUT2D eigenvalue weighted by molar-refractivity contribution is 1.26. The van der Waals surface area contributed by atoms with Crippen molar-refractivity contribution in [2.24, 2.45) is 0 Å². The molecule has 0 saturated carbocycles. The van der Waals surface area contributed by atoms with Gasteiger partial charge >= 0.3 is 0 Å². The van der Waals surface area contributed by atoms with Gasteiger partial charge < -0.3 is 5.73 Å². The van der Waals surface area contributed by atoms with Gasteiger partial charge in [0.15, 0.2) is 4.34 Å². The van der Waals surface area contributed by atoms with Crippen LogP contribution in [0.4, 0.5) is 5.82 Å². The van der Waals surface area contributed by atoms with Crippen LogP contribution in [0.1, 0.15) is 6.92 Å². The molecular weight excluding hydrogens is 152 g/mol. The largest absolute Gasteiger partial charge is 0.383 e. The molecule has 50 valence electrons. The Kier molecular flexibility index (Phi) is 2.36. The van der Waals surface area contributed by atoms with Crippen LogP contribution in [-0.4, -0.2) is 10.7 Å². The molecule has 4 heteroatoms. The molecule has 0 aliphatic rings. The van der Waals surface area contributed by atoms with Crippen molar-refractivity contribution in [2.75, 3.05) is 11.5 Å². The summed E-state index contributed by atoms with van der Waals surface area (Å²) < 4.78 is 1.06. The van der Waals surface area contributed by atoms with Gasteiger partial charge in [-0.25, -0.2) is 4.98 Å². The second-order valence-electron chi connectivity index (χ2n) is 1.47. The van der Waals surface area contributed by atoms with Crippen molar-refractivity contribution in [3.8, 4) is 0 Å². The molecule has 0 unspecified atom stereocenters. The van der Waals surface area contributed by atoms with Crippen molar-refractivity contribution in [1.29, 1.82) is 0 Å². The third-order valence-corrected chi connectivity index (χ3v) is 2.69. The first-order valence-corrected chi connectivity index (χ1v) is 4.53. The summed E-state index contributed by atoms with van der Waals surface area (Å²) in [4.78, 5) is 4.06. The van der Waals surface area contributed by atoms with Gasteiger partial charge in [-0.2, -0.15) is 0 Å². The minimum Gasteiger partial charge on any atom is -0.383 e. The van der Waals surface area contributed by atoms with E-state index in [9.17, 15) is 0 Å². The molecular formula is C5H8N2S2. The van der Waals surface area contributed by atoms with E-state index in [1.165, 1.54) is 0 Å². The molecule has 0 aliphatic carbocycles. The summed E-state index contributed by atoms with van der Waals surface area (Å²) in [6.45, 7) is 2.10. The Hall–Kier alpha value is -0.220. The topological polar surface area (TPSA) is 38.9 Å². The molecule has 0 radical (unpaired) electrons. The molecule has 1 aromatic heterocycles. The second kappa shape index (κ2) is 3.08. The quantitative estimate of drug-likeness (QED) is 0.671. The Morgan fingerprint density at radius 3 is 3.11 bits per heavy atom. The van der Waals surface area contributed by atoms with Crippen LogP contribution in [-0.2, 0) is 0 Å². The van der Waals surface area contributed by atoms with Gasteiger partial charge in [0, 0.05) is 5.38 Å². The van der Waals surface area contributed by atoms with E-state index < -0.39 is 0 Å². The van der Waals surface area contributed by atoms with Crippen molar-refractivity contribution >= 4 is 28.9 Å². The first-order chi connectivity index (χ1) is 4.33. The fraction of sp³-hybridized carbons (Fsp3) is 0.400. The summed E-state index contributed by atoms with van der Waals surface area (Å²) in [5.41, 5.74) is 5.39. The number of hydrogen-bond donors (Lipinski definition) is 1. The number of nitrogens with zero attached hydrogens (tertiary/aromatic N) is 1. The van der Waals surface area contributed by atoms with Crippen LogP contribution in [0.5, 0.6) is 0 Å². The van der Waals surface area contributed by atoms with E-state index in [1.807, 2.05) is 5.38 Å². The standard InChI is InChI=1S/C5H8N2S2/c1-2-8-5-7-4(6)3-9-5/h3H,2,6H2,1H3. The van der Waals surface area contributed by atoms with E-state index >= 15 is 0 Å². The average molecular weight is 160 g/mol. The van der Waals surface area contributed by atoms with Crippen LogP contribution < -0.4 is 5.73 Å². The molecule has 0 atom stereocenters. The van der Waals surface area contributed by atoms with Crippen molar-refractivity contribution in [1.82, 2.24) is 4.98 Å². The maximum absolute atomic E-state index is 5.39. The Bertz CT molecular complexity index is 185. The predicted octanol–water partition coefficient (Wildman–Crippen LogP) is 1.84. The molecule has 0 fully saturated rings. The lowest BCUT2D eigenvalue weighted by Gasteiger charge is -1.85. The van der Waals surface area contributed by atoms with Gasteiger partial charge in [0.2, 0.25) is 0 Å². The highest BCUT2D eigenvalue weighted by Gasteiger charge is 1.95. The summed E-state index contributed by atoms with van der Waals surface area (Å²) in [5, 5.41) is 1.86. The monoisotopic (exact) mass is 160 g/mol. The fourth-order valence-electron chi connectivity index (χ4n) is 0.459. The Balaban J connectivity index is 2.61. The van der Waals surface area contributed by atoms with E-state index in [-0.39, 0.29) is 0 Å². The van der Waals surface area contributed by atoms with E-state index in [0.29, 0.717) is 5.82 Å². The van der Waals surface area contributed by atoms with Crippen LogP contribution in [0.25, 0.3) is 0 Å². The van der Waals surface area contributed by atoms with Crippen LogP contribution >= 0.6 is 23.1 Å². The van der Waals surface area contributed by atoms with Crippen LogP contribution in [0.15, 0.2) is 9.72 Å². The Morgan fingerprint density at radius 1 is 1.89 bits per heavy atom. The SMILES string of the molecule is CCSc1nc(N)cs1. The zero-order chi connectivity index (χ0) is 6.69. The van der Waals surface area contributed by atoms with Gasteiger partial charge in [-0.1, -0.05) is 18.7 Å². The zero-order valence-electron chi connectivity index (χ0n) is 5.13. The lowest BCUT2D eigenvalue weighted by Crippen LogP contribution is -1.81. The highest BCUT2D eigenvalue weighted by molar-refractivity contribution is 8.00. The molecule has 0 spiro atoms. The van der Waals surface area contributed by atoms with Gasteiger partial charge in [0.05, 0.1) is 0 Å². The van der Waals surface area contributed by atoms with Crippen molar-refractivity contribution < 1.29 is 0 Å². The molecule has 0 saturated heterocycles. The maximum atomic E-state index is 5.39. The van der Waals surface area contributed by atoms with E-state index in [1.54, 1.807) is 23.1 Å². The number of nitrogens with two attached hydrogens (primary N) is 1. The minimum absolute atomic E-state index is 0.635. The molecule has 1 rings (SSSR count). The van der Waals surface area contributed by atoms with Crippen molar-refractivity contribution in [2.45, 2.75) is 11.3 Å². The first-order valence-electron chi connectivity index (χ1n) is 2.66. The summed E-state index contributed by atoms with van der Waals surface area (Å²) >= 11 is 3.32. The molecule has 1 heterocycles. The van der Waals surface area contributed by atoms with Crippen molar-refractivity contribution in [3.63, 3.8) is 0 Å². The molecule has 0 aromatic carbocycles. The van der Waals surface area contributed by atoms with E-state index in [2.05, 4.69) is 11.9 Å². The third-order valence-electron chi connectivity index (χ3n) is 0.769. The normalized spacial score (nSPS) is 9.89. The van der Waals surface area contributed by atoms with E-state index in [0.717, 1.165) is 10.1 Å². The molecule has 0 aliphatic heterocycles. The number of nitrogen functional groups attached to an aromatic ring is 1. The summed E-state index contributed by atoms with van der Waals surface area (Å²) in [6.07, 6.45) is 0. The molecule has 9 heavy (non-hydrogen) atoms. The Labute approximate surface area is 62.5 Å². The number of aromatic nitrogens is 1. The van der Waals surface area contributed by atoms with Gasteiger partial charge in [-0.3, -0.25) is 0 Å². The Morgan fingerprint density at radius 2 is 2.67 bits per heavy atom. The third kappa shape index (κ3) is 1.87. The molecule has 0 amide bonds. The summed E-state index contributed by atoms with van der Waals surface area (Å²) in [7, 11) is 0. The fourth-order valence-corrected chi connectivity index (χ4v) is 2.08. The van der Waals surface area contributed by atoms with Crippen molar-refractivity contribution in [3.05, 3.63) is 5.38 Å². The number of thiazole rings is 1. The number of anilines is 1. The first kappa shape index (κ1) is 6.89. The zero-order valence-corrected chi connectivity index (χ0v) is 6.76. The number of rotatable bonds is 2. The van der Waals surface area contributed by atoms with Crippen LogP contribution in [0, 0.1) is 0 Å². The number of thioether (sulfide) groups is 1. The molecule has 2 nitrogen and oxygen atoms in total. The maximum Gasteiger partial charge on any atom is 0.152 e. The van der Waals surface area contributed by atoms with Gasteiger partial charge in [0.1, 0.15) is 5.82 Å². The summed E-state index contributed by atoms with van der Waals surface area (Å²) in [6, 6.07) is 0. The molecule has 1 aromatic rings. The highest BCUT2D eigenvalue weighted by atomic mass is 32.2. The predicted molar refractivity (Wildman–Crippen MR) is 42.9 cm³/mol. The molecule has 0 bridgehead atoms. The smallest absolute Gasteiger partial charge is 0.152 e. The van der Waals surface area contributed by atoms with Gasteiger partial charge in [0.25, 0.3) is 0 Å². The average Bonchev–Trinajstić information content (AvgIpc) is 2.17. The van der Waals surface area contributed by atoms with Gasteiger partial charge in [-0.15, -0.1) is 11.3 Å². The highest BCUT2D eigenvalue weighted by Crippen LogP contribution is 2.22.